The normalized spacial score (nSPS) is 19.0. The van der Waals surface area contributed by atoms with Gasteiger partial charge in [-0.1, -0.05) is 30.9 Å². The van der Waals surface area contributed by atoms with E-state index in [0.29, 0.717) is 12.3 Å². The van der Waals surface area contributed by atoms with Crippen LogP contribution in [0.4, 0.5) is 0 Å². The van der Waals surface area contributed by atoms with Gasteiger partial charge in [-0.05, 0) is 37.4 Å². The van der Waals surface area contributed by atoms with E-state index in [-0.39, 0.29) is 0 Å². The fourth-order valence-corrected chi connectivity index (χ4v) is 1.87. The van der Waals surface area contributed by atoms with E-state index in [1.165, 1.54) is 18.4 Å². The molecule has 1 heterocycles. The van der Waals surface area contributed by atoms with Gasteiger partial charge in [0.1, 0.15) is 0 Å². The number of nitriles is 1. The van der Waals surface area contributed by atoms with Crippen LogP contribution in [-0.4, -0.2) is 13.1 Å². The van der Waals surface area contributed by atoms with E-state index in [2.05, 4.69) is 30.1 Å². The highest BCUT2D eigenvalue weighted by Crippen LogP contribution is 2.22. The molecule has 0 radical (unpaired) electrons. The average molecular weight is 202 g/mol. The van der Waals surface area contributed by atoms with Crippen molar-refractivity contribution in [3.8, 4) is 6.07 Å². The molecular formula is C13H18N2. The van der Waals surface area contributed by atoms with E-state index in [1.807, 2.05) is 12.2 Å². The standard InChI is InChI=1S/C13H18N2/c1-2-5-12(6-3-4-9-14)13-7-10-15-11-8-13/h2-3,5-6,13,15H,1,4,7-8,10-11H2/b6-3-,12-5+. The molecule has 1 fully saturated rings. The Morgan fingerprint density at radius 3 is 2.80 bits per heavy atom. The SMILES string of the molecule is C=C/C=C(\C=C/CC#N)C1CCNCC1. The van der Waals surface area contributed by atoms with Crippen LogP contribution in [0.3, 0.4) is 0 Å². The highest BCUT2D eigenvalue weighted by Gasteiger charge is 2.14. The lowest BCUT2D eigenvalue weighted by Gasteiger charge is -2.23. The lowest BCUT2D eigenvalue weighted by atomic mass is 9.89. The lowest BCUT2D eigenvalue weighted by molar-refractivity contribution is 0.425. The topological polar surface area (TPSA) is 35.8 Å². The Hall–Kier alpha value is -1.33. The molecule has 1 aliphatic rings. The van der Waals surface area contributed by atoms with Gasteiger partial charge in [0.25, 0.3) is 0 Å². The Morgan fingerprint density at radius 2 is 2.20 bits per heavy atom. The van der Waals surface area contributed by atoms with Crippen LogP contribution >= 0.6 is 0 Å². The predicted octanol–water partition coefficient (Wildman–Crippen LogP) is 2.57. The summed E-state index contributed by atoms with van der Waals surface area (Å²) in [6.07, 6.45) is 10.7. The molecule has 1 rings (SSSR count). The fourth-order valence-electron chi connectivity index (χ4n) is 1.87. The quantitative estimate of drug-likeness (QED) is 0.711. The number of allylic oxidation sites excluding steroid dienone is 5. The number of piperidine rings is 1. The summed E-state index contributed by atoms with van der Waals surface area (Å²) in [6.45, 7) is 5.91. The van der Waals surface area contributed by atoms with E-state index < -0.39 is 0 Å². The van der Waals surface area contributed by atoms with Gasteiger partial charge in [0.15, 0.2) is 0 Å². The average Bonchev–Trinajstić information content (AvgIpc) is 2.29. The van der Waals surface area contributed by atoms with Gasteiger partial charge in [0.2, 0.25) is 0 Å². The van der Waals surface area contributed by atoms with Crippen LogP contribution in [0.15, 0.2) is 36.5 Å². The van der Waals surface area contributed by atoms with Crippen molar-refractivity contribution in [2.24, 2.45) is 5.92 Å². The summed E-state index contributed by atoms with van der Waals surface area (Å²) < 4.78 is 0. The van der Waals surface area contributed by atoms with Crippen molar-refractivity contribution < 1.29 is 0 Å². The Labute approximate surface area is 92.0 Å². The summed E-state index contributed by atoms with van der Waals surface area (Å²) in [7, 11) is 0. The summed E-state index contributed by atoms with van der Waals surface area (Å²) in [5.74, 6) is 0.624. The fraction of sp³-hybridized carbons (Fsp3) is 0.462. The summed E-state index contributed by atoms with van der Waals surface area (Å²) in [6, 6.07) is 2.12. The first-order valence-electron chi connectivity index (χ1n) is 5.45. The van der Waals surface area contributed by atoms with Crippen LogP contribution in [0.25, 0.3) is 0 Å². The van der Waals surface area contributed by atoms with Crippen molar-refractivity contribution in [1.82, 2.24) is 5.32 Å². The van der Waals surface area contributed by atoms with Gasteiger partial charge < -0.3 is 5.32 Å². The van der Waals surface area contributed by atoms with E-state index in [4.69, 9.17) is 5.26 Å². The maximum absolute atomic E-state index is 8.47. The maximum atomic E-state index is 8.47. The van der Waals surface area contributed by atoms with Crippen LogP contribution in [0.5, 0.6) is 0 Å². The highest BCUT2D eigenvalue weighted by atomic mass is 14.9. The molecule has 0 aliphatic carbocycles. The molecule has 1 aliphatic heterocycles. The van der Waals surface area contributed by atoms with Crippen molar-refractivity contribution in [2.45, 2.75) is 19.3 Å². The summed E-state index contributed by atoms with van der Waals surface area (Å²) in [5.41, 5.74) is 1.31. The largest absolute Gasteiger partial charge is 0.317 e. The van der Waals surface area contributed by atoms with Gasteiger partial charge in [0.05, 0.1) is 12.5 Å². The molecule has 80 valence electrons. The second-order valence-corrected chi connectivity index (χ2v) is 3.69. The molecule has 0 unspecified atom stereocenters. The van der Waals surface area contributed by atoms with Crippen molar-refractivity contribution in [3.05, 3.63) is 36.5 Å². The molecule has 15 heavy (non-hydrogen) atoms. The van der Waals surface area contributed by atoms with Crippen LogP contribution in [0.2, 0.25) is 0 Å². The molecule has 2 heteroatoms. The van der Waals surface area contributed by atoms with Gasteiger partial charge in [-0.25, -0.2) is 0 Å². The van der Waals surface area contributed by atoms with Crippen LogP contribution in [0.1, 0.15) is 19.3 Å². The molecule has 0 atom stereocenters. The van der Waals surface area contributed by atoms with Gasteiger partial charge in [-0.15, -0.1) is 0 Å². The molecule has 0 amide bonds. The predicted molar refractivity (Wildman–Crippen MR) is 63.2 cm³/mol. The smallest absolute Gasteiger partial charge is 0.0663 e. The first-order valence-corrected chi connectivity index (χ1v) is 5.45. The first-order chi connectivity index (χ1) is 7.38. The summed E-state index contributed by atoms with van der Waals surface area (Å²) >= 11 is 0. The van der Waals surface area contributed by atoms with Crippen molar-refractivity contribution in [1.29, 1.82) is 5.26 Å². The molecular weight excluding hydrogens is 184 g/mol. The lowest BCUT2D eigenvalue weighted by Crippen LogP contribution is -2.28. The molecule has 2 nitrogen and oxygen atoms in total. The van der Waals surface area contributed by atoms with E-state index in [0.717, 1.165) is 13.1 Å². The van der Waals surface area contributed by atoms with Gasteiger partial charge in [-0.3, -0.25) is 0 Å². The molecule has 0 saturated carbocycles. The molecule has 0 bridgehead atoms. The first kappa shape index (κ1) is 11.7. The molecule has 0 aromatic carbocycles. The Bertz CT molecular complexity index is 288. The molecule has 0 aromatic heterocycles. The zero-order chi connectivity index (χ0) is 10.9. The summed E-state index contributed by atoms with van der Waals surface area (Å²) in [5, 5.41) is 11.8. The molecule has 1 N–H and O–H groups in total. The van der Waals surface area contributed by atoms with E-state index >= 15 is 0 Å². The number of nitrogens with zero attached hydrogens (tertiary/aromatic N) is 1. The Morgan fingerprint density at radius 1 is 1.47 bits per heavy atom. The third-order valence-corrected chi connectivity index (χ3v) is 2.64. The van der Waals surface area contributed by atoms with Crippen LogP contribution in [0, 0.1) is 17.2 Å². The minimum Gasteiger partial charge on any atom is -0.317 e. The second kappa shape index (κ2) is 7.03. The van der Waals surface area contributed by atoms with Crippen LogP contribution in [-0.2, 0) is 0 Å². The number of hydrogen-bond donors (Lipinski definition) is 1. The van der Waals surface area contributed by atoms with Crippen molar-refractivity contribution >= 4 is 0 Å². The van der Waals surface area contributed by atoms with Gasteiger partial charge >= 0.3 is 0 Å². The molecule has 0 aromatic rings. The second-order valence-electron chi connectivity index (χ2n) is 3.69. The molecule has 1 saturated heterocycles. The minimum atomic E-state index is 0.486. The summed E-state index contributed by atoms with van der Waals surface area (Å²) in [4.78, 5) is 0. The number of nitrogens with one attached hydrogen (secondary N) is 1. The zero-order valence-corrected chi connectivity index (χ0v) is 9.08. The number of hydrogen-bond acceptors (Lipinski definition) is 2. The highest BCUT2D eigenvalue weighted by molar-refractivity contribution is 5.26. The van der Waals surface area contributed by atoms with Gasteiger partial charge in [0, 0.05) is 0 Å². The zero-order valence-electron chi connectivity index (χ0n) is 9.08. The third kappa shape index (κ3) is 4.14. The van der Waals surface area contributed by atoms with Crippen molar-refractivity contribution in [2.75, 3.05) is 13.1 Å². The Balaban J connectivity index is 2.60. The Kier molecular flexibility index (Phi) is 5.50. The monoisotopic (exact) mass is 202 g/mol. The third-order valence-electron chi connectivity index (χ3n) is 2.64. The van der Waals surface area contributed by atoms with E-state index in [1.54, 1.807) is 0 Å². The molecule has 0 spiro atoms. The number of rotatable bonds is 4. The maximum Gasteiger partial charge on any atom is 0.0663 e. The van der Waals surface area contributed by atoms with E-state index in [9.17, 15) is 0 Å². The van der Waals surface area contributed by atoms with Crippen molar-refractivity contribution in [3.63, 3.8) is 0 Å². The van der Waals surface area contributed by atoms with Gasteiger partial charge in [-0.2, -0.15) is 5.26 Å². The minimum absolute atomic E-state index is 0.486. The van der Waals surface area contributed by atoms with Crippen LogP contribution < -0.4 is 5.32 Å².